The van der Waals surface area contributed by atoms with Crippen molar-refractivity contribution in [1.29, 1.82) is 0 Å². The molecule has 0 bridgehead atoms. The van der Waals surface area contributed by atoms with Crippen LogP contribution in [-0.2, 0) is 33.8 Å². The highest BCUT2D eigenvalue weighted by Gasteiger charge is 2.12. The van der Waals surface area contributed by atoms with Crippen molar-refractivity contribution >= 4 is 64.1 Å². The van der Waals surface area contributed by atoms with Gasteiger partial charge in [-0.1, -0.05) is 0 Å². The zero-order valence-electron chi connectivity index (χ0n) is 17.1. The largest absolute Gasteiger partial charge is 0.268 e. The van der Waals surface area contributed by atoms with Crippen LogP contribution in [0.3, 0.4) is 0 Å². The number of halogens is 1. The van der Waals surface area contributed by atoms with Crippen molar-refractivity contribution in [2.75, 3.05) is 12.5 Å². The summed E-state index contributed by atoms with van der Waals surface area (Å²) in [6.45, 7) is 1.91. The Morgan fingerprint density at radius 3 is 1.70 bits per heavy atom. The second-order valence-electron chi connectivity index (χ2n) is 7.03. The van der Waals surface area contributed by atoms with Crippen molar-refractivity contribution in [2.24, 2.45) is 14.1 Å². The monoisotopic (exact) mass is 560 g/mol. The van der Waals surface area contributed by atoms with E-state index in [9.17, 15) is 16.8 Å². The van der Waals surface area contributed by atoms with Gasteiger partial charge in [0.05, 0.1) is 26.5 Å². The fourth-order valence-corrected chi connectivity index (χ4v) is 5.13. The Bertz CT molecular complexity index is 1370. The first kappa shape index (κ1) is 22.7. The van der Waals surface area contributed by atoms with E-state index < -0.39 is 19.7 Å². The number of hydrogen-bond acceptors (Lipinski definition) is 6. The molecule has 0 unspecified atom stereocenters. The molecule has 0 aliphatic heterocycles. The first-order chi connectivity index (χ1) is 13.8. The molecule has 0 spiro atoms. The molecule has 2 heterocycles. The Labute approximate surface area is 188 Å². The van der Waals surface area contributed by atoms with Crippen LogP contribution in [0, 0.1) is 10.6 Å². The van der Waals surface area contributed by atoms with Gasteiger partial charge in [0.2, 0.25) is 0 Å². The Hall–Kier alpha value is -1.99. The lowest BCUT2D eigenvalue weighted by molar-refractivity contribution is 0.600. The number of nitrogens with zero attached hydrogens (tertiary/aromatic N) is 4. The van der Waals surface area contributed by atoms with E-state index in [-0.39, 0.29) is 0 Å². The van der Waals surface area contributed by atoms with Crippen LogP contribution in [0.5, 0.6) is 0 Å². The van der Waals surface area contributed by atoms with E-state index in [2.05, 4.69) is 32.8 Å². The highest BCUT2D eigenvalue weighted by molar-refractivity contribution is 14.1. The zero-order valence-corrected chi connectivity index (χ0v) is 20.9. The number of hydrogen-bond donors (Lipinski definition) is 0. The third kappa shape index (κ3) is 4.52. The predicted molar refractivity (Wildman–Crippen MR) is 125 cm³/mol. The van der Waals surface area contributed by atoms with Gasteiger partial charge < -0.3 is 0 Å². The number of benzene rings is 2. The summed E-state index contributed by atoms with van der Waals surface area (Å²) < 4.78 is 49.7. The van der Waals surface area contributed by atoms with Crippen LogP contribution < -0.4 is 0 Å². The van der Waals surface area contributed by atoms with Crippen LogP contribution in [0.1, 0.15) is 5.69 Å². The van der Waals surface area contributed by atoms with E-state index >= 15 is 0 Å². The van der Waals surface area contributed by atoms with Crippen LogP contribution in [0.25, 0.3) is 21.8 Å². The smallest absolute Gasteiger partial charge is 0.175 e. The molecule has 0 saturated carbocycles. The van der Waals surface area contributed by atoms with Crippen LogP contribution in [0.4, 0.5) is 0 Å². The molecule has 0 saturated heterocycles. The normalized spacial score (nSPS) is 12.2. The first-order valence-electron chi connectivity index (χ1n) is 8.75. The van der Waals surface area contributed by atoms with Crippen LogP contribution in [0.2, 0.25) is 0 Å². The van der Waals surface area contributed by atoms with Gasteiger partial charge in [0, 0.05) is 37.4 Å². The standard InChI is InChI=1S/C10H12N2O2S.C9H9IN2O2S/c1-7-9-5-4-8(15(3,13)14)6-10(9)12(2)11-7;1-12-8-5-6(15(2,13)14)3-4-7(8)9(10)11-12/h4-6H,1-3H3;3-5H,1-2H3. The lowest BCUT2D eigenvalue weighted by Crippen LogP contribution is -1.97. The van der Waals surface area contributed by atoms with Crippen molar-refractivity contribution < 1.29 is 16.8 Å². The summed E-state index contributed by atoms with van der Waals surface area (Å²) in [5.74, 6) is 0. The number of rotatable bonds is 2. The quantitative estimate of drug-likeness (QED) is 0.350. The molecule has 0 amide bonds. The molecule has 0 aliphatic carbocycles. The molecule has 4 rings (SSSR count). The Morgan fingerprint density at radius 2 is 1.20 bits per heavy atom. The molecule has 4 aromatic rings. The Balaban J connectivity index is 0.000000171. The maximum Gasteiger partial charge on any atom is 0.175 e. The summed E-state index contributed by atoms with van der Waals surface area (Å²) in [6, 6.07) is 10.1. The van der Waals surface area contributed by atoms with Crippen LogP contribution in [0.15, 0.2) is 46.2 Å². The van der Waals surface area contributed by atoms with Gasteiger partial charge in [0.15, 0.2) is 19.7 Å². The average molecular weight is 560 g/mol. The Kier molecular flexibility index (Phi) is 6.00. The number of sulfone groups is 2. The Morgan fingerprint density at radius 1 is 0.767 bits per heavy atom. The van der Waals surface area contributed by atoms with Gasteiger partial charge in [-0.2, -0.15) is 10.2 Å². The number of fused-ring (bicyclic) bond motifs is 2. The van der Waals surface area contributed by atoms with Crippen LogP contribution in [-0.4, -0.2) is 48.9 Å². The van der Waals surface area contributed by atoms with Gasteiger partial charge in [0.25, 0.3) is 0 Å². The van der Waals surface area contributed by atoms with E-state index in [1.165, 1.54) is 12.5 Å². The molecule has 0 fully saturated rings. The van der Waals surface area contributed by atoms with Gasteiger partial charge >= 0.3 is 0 Å². The first-order valence-corrected chi connectivity index (χ1v) is 13.6. The summed E-state index contributed by atoms with van der Waals surface area (Å²) in [5, 5.41) is 10.4. The van der Waals surface area contributed by atoms with Crippen molar-refractivity contribution in [3.05, 3.63) is 45.8 Å². The fourth-order valence-electron chi connectivity index (χ4n) is 3.07. The molecule has 2 aromatic heterocycles. The molecule has 11 heteroatoms. The number of aromatic nitrogens is 4. The summed E-state index contributed by atoms with van der Waals surface area (Å²) in [6.07, 6.45) is 2.41. The third-order valence-corrected chi connectivity index (χ3v) is 7.66. The summed E-state index contributed by atoms with van der Waals surface area (Å²) in [4.78, 5) is 0.660. The van der Waals surface area contributed by atoms with Gasteiger partial charge in [-0.3, -0.25) is 9.36 Å². The van der Waals surface area contributed by atoms with Gasteiger partial charge in [-0.25, -0.2) is 16.8 Å². The minimum Gasteiger partial charge on any atom is -0.268 e. The van der Waals surface area contributed by atoms with Crippen LogP contribution >= 0.6 is 22.6 Å². The molecule has 160 valence electrons. The van der Waals surface area contributed by atoms with E-state index in [4.69, 9.17) is 0 Å². The minimum atomic E-state index is -3.15. The van der Waals surface area contributed by atoms with Gasteiger partial charge in [0.1, 0.15) is 3.70 Å². The lowest BCUT2D eigenvalue weighted by atomic mass is 10.2. The SMILES string of the molecule is Cc1nn(C)c2cc(S(C)(=O)=O)ccc12.Cn1nc(I)c2ccc(S(C)(=O)=O)cc21. The number of aryl methyl sites for hydroxylation is 3. The lowest BCUT2D eigenvalue weighted by Gasteiger charge is -1.99. The zero-order chi connectivity index (χ0) is 22.4. The van der Waals surface area contributed by atoms with Crippen molar-refractivity contribution in [3.8, 4) is 0 Å². The second-order valence-corrected chi connectivity index (χ2v) is 12.1. The predicted octanol–water partition coefficient (Wildman–Crippen LogP) is 2.87. The van der Waals surface area contributed by atoms with Crippen molar-refractivity contribution in [3.63, 3.8) is 0 Å². The van der Waals surface area contributed by atoms with E-state index in [1.807, 2.05) is 6.92 Å². The van der Waals surface area contributed by atoms with E-state index in [0.29, 0.717) is 9.79 Å². The third-order valence-electron chi connectivity index (χ3n) is 4.64. The molecule has 0 N–H and O–H groups in total. The van der Waals surface area contributed by atoms with Crippen molar-refractivity contribution in [1.82, 2.24) is 19.6 Å². The molecule has 0 radical (unpaired) electrons. The minimum absolute atomic E-state index is 0.328. The molecular weight excluding hydrogens is 539 g/mol. The van der Waals surface area contributed by atoms with E-state index in [1.54, 1.807) is 59.9 Å². The topological polar surface area (TPSA) is 104 Å². The van der Waals surface area contributed by atoms with Gasteiger partial charge in [-0.15, -0.1) is 0 Å². The van der Waals surface area contributed by atoms with Crippen molar-refractivity contribution in [2.45, 2.75) is 16.7 Å². The highest BCUT2D eigenvalue weighted by atomic mass is 127. The molecule has 30 heavy (non-hydrogen) atoms. The maximum absolute atomic E-state index is 11.4. The summed E-state index contributed by atoms with van der Waals surface area (Å²) in [7, 11) is -2.68. The van der Waals surface area contributed by atoms with E-state index in [0.717, 1.165) is 31.2 Å². The molecule has 0 aliphatic rings. The molecular formula is C19H21IN4O4S2. The molecule has 2 aromatic carbocycles. The average Bonchev–Trinajstić information content (AvgIpc) is 3.09. The molecule has 0 atom stereocenters. The maximum atomic E-state index is 11.4. The highest BCUT2D eigenvalue weighted by Crippen LogP contribution is 2.23. The molecule has 8 nitrogen and oxygen atoms in total. The fraction of sp³-hybridized carbons (Fsp3) is 0.263. The summed E-state index contributed by atoms with van der Waals surface area (Å²) >= 11 is 2.13. The second kappa shape index (κ2) is 7.93. The van der Waals surface area contributed by atoms with Gasteiger partial charge in [-0.05, 0) is 65.9 Å². The summed E-state index contributed by atoms with van der Waals surface area (Å²) in [5.41, 5.74) is 2.59.